The van der Waals surface area contributed by atoms with Crippen LogP contribution in [0.4, 0.5) is 5.69 Å². The van der Waals surface area contributed by atoms with Crippen LogP contribution in [0.25, 0.3) is 11.4 Å². The van der Waals surface area contributed by atoms with Gasteiger partial charge in [-0.1, -0.05) is 53.7 Å². The summed E-state index contributed by atoms with van der Waals surface area (Å²) in [4.78, 5) is 35.1. The molecule has 0 saturated carbocycles. The summed E-state index contributed by atoms with van der Waals surface area (Å²) in [7, 11) is 0. The predicted octanol–water partition coefficient (Wildman–Crippen LogP) is 4.57. The molecule has 178 valence electrons. The maximum Gasteiger partial charge on any atom is 0.265 e. The van der Waals surface area contributed by atoms with Crippen molar-refractivity contribution in [3.63, 3.8) is 0 Å². The van der Waals surface area contributed by atoms with Gasteiger partial charge in [0.05, 0.1) is 22.2 Å². The Morgan fingerprint density at radius 3 is 2.46 bits per heavy atom. The van der Waals surface area contributed by atoms with Gasteiger partial charge in [-0.3, -0.25) is 14.5 Å². The predicted molar refractivity (Wildman–Crippen MR) is 134 cm³/mol. The third kappa shape index (κ3) is 5.01. The number of amides is 2. The Labute approximate surface area is 207 Å². The summed E-state index contributed by atoms with van der Waals surface area (Å²) >= 11 is 1.36. The first-order valence-electron chi connectivity index (χ1n) is 11.5. The van der Waals surface area contributed by atoms with Crippen molar-refractivity contribution in [1.29, 1.82) is 0 Å². The number of aromatic nitrogens is 2. The van der Waals surface area contributed by atoms with Crippen molar-refractivity contribution in [3.05, 3.63) is 88.4 Å². The van der Waals surface area contributed by atoms with Gasteiger partial charge in [-0.2, -0.15) is 4.98 Å². The number of thiophene rings is 1. The molecule has 1 fully saturated rings. The van der Waals surface area contributed by atoms with E-state index in [0.29, 0.717) is 54.0 Å². The molecule has 1 unspecified atom stereocenters. The van der Waals surface area contributed by atoms with Gasteiger partial charge in [-0.25, -0.2) is 0 Å². The van der Waals surface area contributed by atoms with Crippen molar-refractivity contribution in [1.82, 2.24) is 19.9 Å². The number of carbonyl (C=O) groups excluding carboxylic acids is 2. The average Bonchev–Trinajstić information content (AvgIpc) is 3.62. The molecule has 1 aliphatic heterocycles. The quantitative estimate of drug-likeness (QED) is 0.428. The van der Waals surface area contributed by atoms with Crippen molar-refractivity contribution in [2.75, 3.05) is 31.5 Å². The number of hydrogen-bond donors (Lipinski definition) is 1. The van der Waals surface area contributed by atoms with E-state index >= 15 is 0 Å². The lowest BCUT2D eigenvalue weighted by molar-refractivity contribution is 0.0552. The molecule has 0 bridgehead atoms. The zero-order chi connectivity index (χ0) is 24.2. The van der Waals surface area contributed by atoms with Gasteiger partial charge < -0.3 is 14.7 Å². The van der Waals surface area contributed by atoms with Crippen LogP contribution >= 0.6 is 11.3 Å². The lowest BCUT2D eigenvalue weighted by Crippen LogP contribution is -2.49. The third-order valence-electron chi connectivity index (χ3n) is 6.13. The van der Waals surface area contributed by atoms with Crippen molar-refractivity contribution < 1.29 is 14.1 Å². The van der Waals surface area contributed by atoms with E-state index in [1.807, 2.05) is 65.7 Å². The van der Waals surface area contributed by atoms with Crippen LogP contribution < -0.4 is 5.32 Å². The average molecular weight is 488 g/mol. The molecule has 3 heterocycles. The van der Waals surface area contributed by atoms with E-state index in [0.717, 1.165) is 5.56 Å². The largest absolute Gasteiger partial charge is 0.337 e. The van der Waals surface area contributed by atoms with Crippen molar-refractivity contribution in [2.24, 2.45) is 0 Å². The fraction of sp³-hybridized carbons (Fsp3) is 0.231. The van der Waals surface area contributed by atoms with Crippen LogP contribution in [0.1, 0.15) is 38.9 Å². The van der Waals surface area contributed by atoms with E-state index < -0.39 is 0 Å². The smallest absolute Gasteiger partial charge is 0.265 e. The standard InChI is InChI=1S/C26H25N5O3S/c1-18(25-28-23(29-34-25)19-8-3-2-4-9-19)30-13-15-31(16-14-30)26(33)20-10-5-6-11-21(20)27-24(32)22-12-7-17-35-22/h2-12,17-18H,13-16H2,1H3,(H,27,32). The Morgan fingerprint density at radius 1 is 0.971 bits per heavy atom. The van der Waals surface area contributed by atoms with Gasteiger partial charge in [0.2, 0.25) is 11.7 Å². The molecular weight excluding hydrogens is 462 g/mol. The number of nitrogens with one attached hydrogen (secondary N) is 1. The molecule has 9 heteroatoms. The summed E-state index contributed by atoms with van der Waals surface area (Å²) in [6.45, 7) is 4.53. The summed E-state index contributed by atoms with van der Waals surface area (Å²) < 4.78 is 5.54. The topological polar surface area (TPSA) is 91.6 Å². The second-order valence-corrected chi connectivity index (χ2v) is 9.25. The molecular formula is C26H25N5O3S. The minimum absolute atomic E-state index is 0.0606. The van der Waals surface area contributed by atoms with Gasteiger partial charge in [0.1, 0.15) is 0 Å². The first-order valence-corrected chi connectivity index (χ1v) is 12.3. The molecule has 0 aliphatic carbocycles. The summed E-state index contributed by atoms with van der Waals surface area (Å²) in [6.07, 6.45) is 0. The number of rotatable bonds is 6. The monoisotopic (exact) mass is 487 g/mol. The van der Waals surface area contributed by atoms with E-state index in [2.05, 4.69) is 20.4 Å². The molecule has 0 spiro atoms. The molecule has 0 radical (unpaired) electrons. The Balaban J connectivity index is 1.22. The number of carbonyl (C=O) groups is 2. The second-order valence-electron chi connectivity index (χ2n) is 8.30. The molecule has 35 heavy (non-hydrogen) atoms. The molecule has 1 aliphatic rings. The highest BCUT2D eigenvalue weighted by Crippen LogP contribution is 2.25. The number of anilines is 1. The molecule has 5 rings (SSSR count). The summed E-state index contributed by atoms with van der Waals surface area (Å²) in [6, 6.07) is 20.4. The van der Waals surface area contributed by atoms with Crippen LogP contribution in [0.5, 0.6) is 0 Å². The van der Waals surface area contributed by atoms with Crippen molar-refractivity contribution in [3.8, 4) is 11.4 Å². The van der Waals surface area contributed by atoms with Gasteiger partial charge in [-0.15, -0.1) is 11.3 Å². The highest BCUT2D eigenvalue weighted by Gasteiger charge is 2.29. The van der Waals surface area contributed by atoms with Crippen LogP contribution in [0.3, 0.4) is 0 Å². The van der Waals surface area contributed by atoms with E-state index in [1.165, 1.54) is 11.3 Å². The molecule has 1 N–H and O–H groups in total. The lowest BCUT2D eigenvalue weighted by Gasteiger charge is -2.37. The van der Waals surface area contributed by atoms with Crippen LogP contribution in [-0.4, -0.2) is 57.9 Å². The van der Waals surface area contributed by atoms with Crippen LogP contribution in [0, 0.1) is 0 Å². The molecule has 2 aromatic carbocycles. The lowest BCUT2D eigenvalue weighted by atomic mass is 10.1. The van der Waals surface area contributed by atoms with Crippen LogP contribution in [0.2, 0.25) is 0 Å². The molecule has 4 aromatic rings. The fourth-order valence-electron chi connectivity index (χ4n) is 4.12. The number of benzene rings is 2. The zero-order valence-corrected chi connectivity index (χ0v) is 20.1. The third-order valence-corrected chi connectivity index (χ3v) is 7.00. The highest BCUT2D eigenvalue weighted by atomic mass is 32.1. The van der Waals surface area contributed by atoms with Gasteiger partial charge in [-0.05, 0) is 30.5 Å². The second kappa shape index (κ2) is 10.2. The van der Waals surface area contributed by atoms with Crippen molar-refractivity contribution in [2.45, 2.75) is 13.0 Å². The normalized spacial score (nSPS) is 15.1. The van der Waals surface area contributed by atoms with Gasteiger partial charge in [0, 0.05) is 31.7 Å². The minimum atomic E-state index is -0.215. The summed E-state index contributed by atoms with van der Waals surface area (Å²) in [5.74, 6) is 0.824. The maximum absolute atomic E-state index is 13.3. The SMILES string of the molecule is CC(c1nc(-c2ccccc2)no1)N1CCN(C(=O)c2ccccc2NC(=O)c2cccs2)CC1. The Hall–Kier alpha value is -3.82. The molecule has 8 nitrogen and oxygen atoms in total. The Morgan fingerprint density at radius 2 is 1.71 bits per heavy atom. The van der Waals surface area contributed by atoms with E-state index in [-0.39, 0.29) is 17.9 Å². The minimum Gasteiger partial charge on any atom is -0.337 e. The fourth-order valence-corrected chi connectivity index (χ4v) is 4.74. The zero-order valence-electron chi connectivity index (χ0n) is 19.3. The van der Waals surface area contributed by atoms with Gasteiger partial charge in [0.25, 0.3) is 11.8 Å². The Bertz CT molecular complexity index is 1300. The number of para-hydroxylation sites is 1. The maximum atomic E-state index is 13.3. The number of piperazine rings is 1. The first-order chi connectivity index (χ1) is 17.1. The van der Waals surface area contributed by atoms with E-state index in [4.69, 9.17) is 4.52 Å². The first kappa shape index (κ1) is 22.9. The van der Waals surface area contributed by atoms with Crippen LogP contribution in [-0.2, 0) is 0 Å². The van der Waals surface area contributed by atoms with E-state index in [1.54, 1.807) is 18.2 Å². The molecule has 2 aromatic heterocycles. The van der Waals surface area contributed by atoms with E-state index in [9.17, 15) is 9.59 Å². The number of hydrogen-bond acceptors (Lipinski definition) is 7. The highest BCUT2D eigenvalue weighted by molar-refractivity contribution is 7.12. The van der Waals surface area contributed by atoms with Crippen molar-refractivity contribution >= 4 is 28.8 Å². The molecule has 2 amide bonds. The Kier molecular flexibility index (Phi) is 6.69. The summed E-state index contributed by atoms with van der Waals surface area (Å²) in [5, 5.41) is 8.86. The number of nitrogens with zero attached hydrogens (tertiary/aromatic N) is 4. The van der Waals surface area contributed by atoms with Crippen LogP contribution in [0.15, 0.2) is 76.6 Å². The molecule has 1 saturated heterocycles. The van der Waals surface area contributed by atoms with Gasteiger partial charge >= 0.3 is 0 Å². The van der Waals surface area contributed by atoms with Gasteiger partial charge in [0.15, 0.2) is 0 Å². The summed E-state index contributed by atoms with van der Waals surface area (Å²) in [5.41, 5.74) is 1.92. The molecule has 1 atom stereocenters.